The monoisotopic (exact) mass is 427 g/mol. The molecule has 0 saturated carbocycles. The molecule has 0 spiro atoms. The highest BCUT2D eigenvalue weighted by Gasteiger charge is 2.17. The highest BCUT2D eigenvalue weighted by Crippen LogP contribution is 2.35. The number of halogens is 1. The molecule has 5 rings (SSSR count). The molecule has 7 heteroatoms. The van der Waals surface area contributed by atoms with Crippen LogP contribution in [0.2, 0.25) is 0 Å². The number of nitrogens with one attached hydrogen (secondary N) is 1. The maximum Gasteiger partial charge on any atom is 0.157 e. The van der Waals surface area contributed by atoms with Gasteiger partial charge in [0.25, 0.3) is 0 Å². The van der Waals surface area contributed by atoms with Crippen LogP contribution in [0.15, 0.2) is 54.9 Å². The van der Waals surface area contributed by atoms with Crippen LogP contribution in [0.3, 0.4) is 0 Å². The molecular weight excluding hydrogens is 405 g/mol. The number of aromatic nitrogens is 3. The normalized spacial score (nSPS) is 16.2. The Morgan fingerprint density at radius 3 is 2.84 bits per heavy atom. The molecule has 1 N–H and O–H groups in total. The Morgan fingerprint density at radius 1 is 1.16 bits per heavy atom. The molecule has 0 aliphatic carbocycles. The number of fused-ring (bicyclic) bond motifs is 1. The minimum atomic E-state index is -0.526. The van der Waals surface area contributed by atoms with Gasteiger partial charge in [-0.25, -0.2) is 9.37 Å². The van der Waals surface area contributed by atoms with Crippen LogP contribution in [-0.2, 0) is 18.2 Å². The third-order valence-electron chi connectivity index (χ3n) is 5.83. The quantitative estimate of drug-likeness (QED) is 0.536. The van der Waals surface area contributed by atoms with E-state index in [-0.39, 0.29) is 11.7 Å². The average molecular weight is 427 g/mol. The summed E-state index contributed by atoms with van der Waals surface area (Å²) in [7, 11) is 1.86. The van der Waals surface area contributed by atoms with Crippen molar-refractivity contribution in [3.05, 3.63) is 71.8 Å². The Morgan fingerprint density at radius 2 is 2.06 bits per heavy atom. The van der Waals surface area contributed by atoms with E-state index in [1.807, 2.05) is 25.4 Å². The van der Waals surface area contributed by atoms with Crippen LogP contribution in [0.25, 0.3) is 33.3 Å². The van der Waals surface area contributed by atoms with Crippen molar-refractivity contribution in [2.24, 2.45) is 7.05 Å². The van der Waals surface area contributed by atoms with Gasteiger partial charge in [0.1, 0.15) is 11.9 Å². The molecule has 3 heterocycles. The number of morpholine rings is 1. The lowest BCUT2D eigenvalue weighted by Crippen LogP contribution is -2.39. The third-order valence-corrected chi connectivity index (χ3v) is 5.83. The zero-order chi connectivity index (χ0) is 22.1. The lowest BCUT2D eigenvalue weighted by Gasteiger charge is -2.24. The molecule has 6 nitrogen and oxygen atoms in total. The Balaban J connectivity index is 1.61. The van der Waals surface area contributed by atoms with Crippen LogP contribution in [0.4, 0.5) is 4.39 Å². The molecule has 1 saturated heterocycles. The molecule has 1 atom stereocenters. The molecule has 1 unspecified atom stereocenters. The predicted octanol–water partition coefficient (Wildman–Crippen LogP) is 3.84. The van der Waals surface area contributed by atoms with Gasteiger partial charge >= 0.3 is 0 Å². The molecule has 2 aromatic carbocycles. The summed E-state index contributed by atoms with van der Waals surface area (Å²) in [6.45, 7) is 2.38. The molecule has 1 aliphatic rings. The Labute approximate surface area is 185 Å². The number of hydrogen-bond donors (Lipinski definition) is 1. The zero-order valence-electron chi connectivity index (χ0n) is 17.7. The smallest absolute Gasteiger partial charge is 0.157 e. The topological polar surface area (TPSA) is 75.8 Å². The van der Waals surface area contributed by atoms with E-state index in [4.69, 9.17) is 10.00 Å². The molecule has 160 valence electrons. The lowest BCUT2D eigenvalue weighted by molar-refractivity contribution is 0.0292. The second kappa shape index (κ2) is 8.50. The highest BCUT2D eigenvalue weighted by atomic mass is 19.1. The van der Waals surface area contributed by atoms with E-state index in [9.17, 15) is 4.39 Å². The van der Waals surface area contributed by atoms with E-state index in [0.29, 0.717) is 12.2 Å². The number of hydrogen-bond acceptors (Lipinski definition) is 5. The van der Waals surface area contributed by atoms with Crippen LogP contribution in [0.5, 0.6) is 0 Å². The van der Waals surface area contributed by atoms with Gasteiger partial charge < -0.3 is 10.1 Å². The van der Waals surface area contributed by atoms with Crippen molar-refractivity contribution in [2.75, 3.05) is 19.7 Å². The molecule has 1 aliphatic heterocycles. The van der Waals surface area contributed by atoms with Crippen molar-refractivity contribution in [1.29, 1.82) is 5.26 Å². The third kappa shape index (κ3) is 3.86. The summed E-state index contributed by atoms with van der Waals surface area (Å²) in [6.07, 6.45) is 4.47. The van der Waals surface area contributed by atoms with Crippen molar-refractivity contribution in [3.8, 4) is 28.3 Å². The van der Waals surface area contributed by atoms with E-state index < -0.39 is 5.82 Å². The van der Waals surface area contributed by atoms with E-state index in [2.05, 4.69) is 33.6 Å². The summed E-state index contributed by atoms with van der Waals surface area (Å²) in [4.78, 5) is 4.57. The standard InChI is InChI=1S/C25H22FN5O/c1-31-25-20(14-30-31)10-19(13-29-25)22-5-2-16(8-21-15-28-6-7-32-21)9-23(22)17-3-4-18(12-27)24(26)11-17/h2-5,9-11,13-14,21,28H,6-8,15H2,1H3. The molecule has 4 aromatic rings. The van der Waals surface area contributed by atoms with Crippen molar-refractivity contribution < 1.29 is 9.13 Å². The maximum atomic E-state index is 14.5. The van der Waals surface area contributed by atoms with Gasteiger partial charge in [0.15, 0.2) is 5.65 Å². The molecule has 0 bridgehead atoms. The van der Waals surface area contributed by atoms with E-state index in [1.165, 1.54) is 12.1 Å². The highest BCUT2D eigenvalue weighted by molar-refractivity contribution is 5.88. The summed E-state index contributed by atoms with van der Waals surface area (Å²) in [6, 6.07) is 14.9. The minimum Gasteiger partial charge on any atom is -0.375 e. The van der Waals surface area contributed by atoms with Gasteiger partial charge in [-0.1, -0.05) is 24.3 Å². The van der Waals surface area contributed by atoms with Gasteiger partial charge in [-0.05, 0) is 46.9 Å². The van der Waals surface area contributed by atoms with Gasteiger partial charge in [0, 0.05) is 37.3 Å². The number of nitriles is 1. The average Bonchev–Trinajstić information content (AvgIpc) is 3.19. The first-order valence-corrected chi connectivity index (χ1v) is 10.6. The Kier molecular flexibility index (Phi) is 5.39. The summed E-state index contributed by atoms with van der Waals surface area (Å²) in [5, 5.41) is 17.7. The predicted molar refractivity (Wildman–Crippen MR) is 120 cm³/mol. The first-order chi connectivity index (χ1) is 15.6. The second-order valence-electron chi connectivity index (χ2n) is 7.99. The van der Waals surface area contributed by atoms with Crippen LogP contribution in [-0.4, -0.2) is 40.6 Å². The van der Waals surface area contributed by atoms with Gasteiger partial charge in [-0.15, -0.1) is 0 Å². The van der Waals surface area contributed by atoms with Gasteiger partial charge in [0.2, 0.25) is 0 Å². The van der Waals surface area contributed by atoms with Gasteiger partial charge in [0.05, 0.1) is 24.5 Å². The molecular formula is C25H22FN5O. The maximum absolute atomic E-state index is 14.5. The molecule has 2 aromatic heterocycles. The van der Waals surface area contributed by atoms with Crippen LogP contribution in [0, 0.1) is 17.1 Å². The van der Waals surface area contributed by atoms with Crippen LogP contribution in [0.1, 0.15) is 11.1 Å². The number of rotatable bonds is 4. The minimum absolute atomic E-state index is 0.0339. The fraction of sp³-hybridized carbons (Fsp3) is 0.240. The zero-order valence-corrected chi connectivity index (χ0v) is 17.7. The number of pyridine rings is 1. The molecule has 0 amide bonds. The Hall–Kier alpha value is -3.60. The van der Waals surface area contributed by atoms with Crippen LogP contribution < -0.4 is 5.32 Å². The fourth-order valence-electron chi connectivity index (χ4n) is 4.19. The fourth-order valence-corrected chi connectivity index (χ4v) is 4.19. The summed E-state index contributed by atoms with van der Waals surface area (Å²) in [5.41, 5.74) is 5.42. The van der Waals surface area contributed by atoms with E-state index in [1.54, 1.807) is 16.9 Å². The number of benzene rings is 2. The summed E-state index contributed by atoms with van der Waals surface area (Å²) >= 11 is 0. The summed E-state index contributed by atoms with van der Waals surface area (Å²) < 4.78 is 22.1. The van der Waals surface area contributed by atoms with Crippen molar-refractivity contribution in [1.82, 2.24) is 20.1 Å². The van der Waals surface area contributed by atoms with Crippen LogP contribution >= 0.6 is 0 Å². The van der Waals surface area contributed by atoms with Crippen molar-refractivity contribution in [2.45, 2.75) is 12.5 Å². The largest absolute Gasteiger partial charge is 0.375 e. The second-order valence-corrected chi connectivity index (χ2v) is 7.99. The first-order valence-electron chi connectivity index (χ1n) is 10.6. The number of aryl methyl sites for hydroxylation is 1. The van der Waals surface area contributed by atoms with Gasteiger partial charge in [-0.3, -0.25) is 4.68 Å². The molecule has 1 fully saturated rings. The van der Waals surface area contributed by atoms with Crippen molar-refractivity contribution in [3.63, 3.8) is 0 Å². The Bertz CT molecular complexity index is 1330. The molecule has 32 heavy (non-hydrogen) atoms. The number of nitrogens with zero attached hydrogens (tertiary/aromatic N) is 4. The van der Waals surface area contributed by atoms with Gasteiger partial charge in [-0.2, -0.15) is 10.4 Å². The van der Waals surface area contributed by atoms with E-state index in [0.717, 1.165) is 52.8 Å². The van der Waals surface area contributed by atoms with Crippen molar-refractivity contribution >= 4 is 11.0 Å². The van der Waals surface area contributed by atoms with E-state index >= 15 is 0 Å². The first kappa shape index (κ1) is 20.3. The SMILES string of the molecule is Cn1ncc2cc(-c3ccc(CC4CNCCO4)cc3-c3ccc(C#N)c(F)c3)cnc21. The summed E-state index contributed by atoms with van der Waals surface area (Å²) in [5.74, 6) is -0.526. The number of ether oxygens (including phenoxy) is 1. The lowest BCUT2D eigenvalue weighted by atomic mass is 9.91. The molecule has 0 radical (unpaired) electrons.